The molecule has 0 spiro atoms. The molecule has 27 heavy (non-hydrogen) atoms. The van der Waals surface area contributed by atoms with Gasteiger partial charge in [0.15, 0.2) is 0 Å². The Morgan fingerprint density at radius 1 is 1.26 bits per heavy atom. The molecular weight excluding hydrogens is 344 g/mol. The van der Waals surface area contributed by atoms with Crippen molar-refractivity contribution in [1.29, 1.82) is 0 Å². The lowest BCUT2D eigenvalue weighted by Gasteiger charge is -2.35. The average molecular weight is 370 g/mol. The van der Waals surface area contributed by atoms with Crippen LogP contribution in [0.15, 0.2) is 24.3 Å². The van der Waals surface area contributed by atoms with Crippen LogP contribution >= 0.6 is 0 Å². The van der Waals surface area contributed by atoms with E-state index in [1.807, 2.05) is 13.0 Å². The number of aromatic nitrogens is 1. The van der Waals surface area contributed by atoms with Crippen molar-refractivity contribution in [3.05, 3.63) is 35.5 Å². The van der Waals surface area contributed by atoms with Gasteiger partial charge in [0, 0.05) is 17.5 Å². The Bertz CT molecular complexity index is 945. The fraction of sp³-hybridized carbons (Fsp3) is 0.524. The monoisotopic (exact) mass is 370 g/mol. The summed E-state index contributed by atoms with van der Waals surface area (Å²) in [4.78, 5) is 24.1. The Morgan fingerprint density at radius 3 is 2.52 bits per heavy atom. The number of carboxylic acids is 1. The van der Waals surface area contributed by atoms with Gasteiger partial charge in [0.1, 0.15) is 11.2 Å². The topological polar surface area (TPSA) is 94.6 Å². The molecule has 0 unspecified atom stereocenters. The van der Waals surface area contributed by atoms with Crippen molar-refractivity contribution in [2.75, 3.05) is 6.61 Å². The standard InChI is InChI=1S/C21H26N2O4/c1-12-10-21(12,19(22)26)23-16-5-4-13(8-15(16)9-17(23)18(24)25)14-6-7-27-20(2,3)11-14/h4-5,8-9,12,14H,6-7,10-11H2,1-3H3,(H2,22,26)(H,24,25)/t12-,14-,21-/m0/s1. The van der Waals surface area contributed by atoms with Gasteiger partial charge in [-0.1, -0.05) is 13.0 Å². The fourth-order valence-corrected chi connectivity index (χ4v) is 4.76. The highest BCUT2D eigenvalue weighted by atomic mass is 16.5. The van der Waals surface area contributed by atoms with Gasteiger partial charge in [-0.3, -0.25) is 4.79 Å². The van der Waals surface area contributed by atoms with Gasteiger partial charge in [-0.05, 0) is 68.7 Å². The predicted molar refractivity (Wildman–Crippen MR) is 102 cm³/mol. The number of aromatic carboxylic acids is 1. The van der Waals surface area contributed by atoms with E-state index < -0.39 is 17.4 Å². The molecule has 1 aliphatic carbocycles. The van der Waals surface area contributed by atoms with Gasteiger partial charge in [0.2, 0.25) is 5.91 Å². The van der Waals surface area contributed by atoms with Crippen LogP contribution < -0.4 is 5.73 Å². The minimum atomic E-state index is -1.04. The number of hydrogen-bond acceptors (Lipinski definition) is 3. The number of ether oxygens (including phenoxy) is 1. The molecule has 2 fully saturated rings. The molecular formula is C21H26N2O4. The molecule has 1 aliphatic heterocycles. The molecule has 6 nitrogen and oxygen atoms in total. The summed E-state index contributed by atoms with van der Waals surface area (Å²) < 4.78 is 7.47. The number of primary amides is 1. The summed E-state index contributed by atoms with van der Waals surface area (Å²) >= 11 is 0. The maximum atomic E-state index is 12.2. The number of amides is 1. The van der Waals surface area contributed by atoms with Crippen molar-refractivity contribution < 1.29 is 19.4 Å². The van der Waals surface area contributed by atoms with Crippen LogP contribution in [0.1, 0.15) is 62.0 Å². The van der Waals surface area contributed by atoms with E-state index in [0.29, 0.717) is 12.3 Å². The normalized spacial score (nSPS) is 29.6. The zero-order valence-electron chi connectivity index (χ0n) is 16.0. The second-order valence-corrected chi connectivity index (χ2v) is 8.68. The van der Waals surface area contributed by atoms with Gasteiger partial charge < -0.3 is 20.1 Å². The molecule has 144 valence electrons. The number of carbonyl (C=O) groups is 2. The van der Waals surface area contributed by atoms with Gasteiger partial charge in [0.25, 0.3) is 0 Å². The molecule has 2 aromatic rings. The molecule has 1 aromatic carbocycles. The number of carbonyl (C=O) groups excluding carboxylic acids is 1. The average Bonchev–Trinajstić information content (AvgIpc) is 3.11. The minimum absolute atomic E-state index is 0.0275. The van der Waals surface area contributed by atoms with Crippen LogP contribution in [-0.2, 0) is 15.1 Å². The van der Waals surface area contributed by atoms with E-state index in [4.69, 9.17) is 10.5 Å². The second kappa shape index (κ2) is 5.83. The van der Waals surface area contributed by atoms with Crippen LogP contribution in [0.2, 0.25) is 0 Å². The van der Waals surface area contributed by atoms with E-state index >= 15 is 0 Å². The Hall–Kier alpha value is -2.34. The SMILES string of the molecule is C[C@H]1C[C@]1(C(N)=O)n1c(C(=O)O)cc2cc([C@H]3CCOC(C)(C)C3)ccc21. The van der Waals surface area contributed by atoms with E-state index in [1.165, 1.54) is 5.56 Å². The molecule has 0 bridgehead atoms. The van der Waals surface area contributed by atoms with Gasteiger partial charge in [-0.2, -0.15) is 0 Å². The lowest BCUT2D eigenvalue weighted by Crippen LogP contribution is -2.37. The highest BCUT2D eigenvalue weighted by Crippen LogP contribution is 2.52. The Balaban J connectivity index is 1.83. The molecule has 2 heterocycles. The molecule has 3 atom stereocenters. The number of carboxylic acid groups (broad SMARTS) is 1. The lowest BCUT2D eigenvalue weighted by atomic mass is 9.83. The van der Waals surface area contributed by atoms with E-state index in [0.717, 1.165) is 30.4 Å². The summed E-state index contributed by atoms with van der Waals surface area (Å²) in [5, 5.41) is 10.6. The number of rotatable bonds is 4. The number of hydrogen-bond donors (Lipinski definition) is 2. The third kappa shape index (κ3) is 2.74. The van der Waals surface area contributed by atoms with Crippen molar-refractivity contribution >= 4 is 22.8 Å². The van der Waals surface area contributed by atoms with Gasteiger partial charge in [-0.25, -0.2) is 4.79 Å². The van der Waals surface area contributed by atoms with Crippen LogP contribution in [-0.4, -0.2) is 33.8 Å². The largest absolute Gasteiger partial charge is 0.477 e. The first-order chi connectivity index (χ1) is 12.7. The van der Waals surface area contributed by atoms with Crippen molar-refractivity contribution in [1.82, 2.24) is 4.57 Å². The zero-order valence-corrected chi connectivity index (χ0v) is 16.0. The van der Waals surface area contributed by atoms with Crippen molar-refractivity contribution in [3.8, 4) is 0 Å². The van der Waals surface area contributed by atoms with Gasteiger partial charge >= 0.3 is 5.97 Å². The smallest absolute Gasteiger partial charge is 0.352 e. The van der Waals surface area contributed by atoms with E-state index in [2.05, 4.69) is 26.0 Å². The maximum Gasteiger partial charge on any atom is 0.352 e. The first-order valence-corrected chi connectivity index (χ1v) is 9.49. The van der Waals surface area contributed by atoms with Gasteiger partial charge in [-0.15, -0.1) is 0 Å². The predicted octanol–water partition coefficient (Wildman–Crippen LogP) is 3.23. The fourth-order valence-electron chi connectivity index (χ4n) is 4.76. The highest BCUT2D eigenvalue weighted by molar-refractivity contribution is 5.98. The van der Waals surface area contributed by atoms with Crippen LogP contribution in [0.3, 0.4) is 0 Å². The van der Waals surface area contributed by atoms with E-state index in [-0.39, 0.29) is 17.2 Å². The molecule has 1 saturated carbocycles. The quantitative estimate of drug-likeness (QED) is 0.864. The Labute approximate surface area is 158 Å². The van der Waals surface area contributed by atoms with E-state index in [9.17, 15) is 14.7 Å². The third-order valence-corrected chi connectivity index (χ3v) is 6.31. The van der Waals surface area contributed by atoms with Crippen molar-refractivity contribution in [3.63, 3.8) is 0 Å². The number of nitrogens with zero attached hydrogens (tertiary/aromatic N) is 1. The summed E-state index contributed by atoms with van der Waals surface area (Å²) in [6.07, 6.45) is 2.44. The summed E-state index contributed by atoms with van der Waals surface area (Å²) in [5.74, 6) is -1.11. The molecule has 6 heteroatoms. The Kier molecular flexibility index (Phi) is 3.89. The molecule has 3 N–H and O–H groups in total. The number of nitrogens with two attached hydrogens (primary N) is 1. The molecule has 0 radical (unpaired) electrons. The van der Waals surface area contributed by atoms with Crippen molar-refractivity contribution in [2.24, 2.45) is 11.7 Å². The Morgan fingerprint density at radius 2 is 1.96 bits per heavy atom. The summed E-state index contributed by atoms with van der Waals surface area (Å²) in [5.41, 5.74) is 6.66. The number of fused-ring (bicyclic) bond motifs is 1. The summed E-state index contributed by atoms with van der Waals surface area (Å²) in [7, 11) is 0. The second-order valence-electron chi connectivity index (χ2n) is 8.68. The van der Waals surface area contributed by atoms with E-state index in [1.54, 1.807) is 10.6 Å². The number of benzene rings is 1. The lowest BCUT2D eigenvalue weighted by molar-refractivity contribution is -0.122. The van der Waals surface area contributed by atoms with Crippen LogP contribution in [0.4, 0.5) is 0 Å². The maximum absolute atomic E-state index is 12.2. The zero-order chi connectivity index (χ0) is 19.6. The molecule has 1 aromatic heterocycles. The first-order valence-electron chi connectivity index (χ1n) is 9.49. The molecule has 4 rings (SSSR count). The highest BCUT2D eigenvalue weighted by Gasteiger charge is 2.59. The van der Waals surface area contributed by atoms with Crippen LogP contribution in [0.25, 0.3) is 10.9 Å². The van der Waals surface area contributed by atoms with Gasteiger partial charge in [0.05, 0.1) is 5.60 Å². The first kappa shape index (κ1) is 18.0. The summed E-state index contributed by atoms with van der Waals surface area (Å²) in [6.45, 7) is 6.85. The van der Waals surface area contributed by atoms with Crippen LogP contribution in [0, 0.1) is 5.92 Å². The third-order valence-electron chi connectivity index (χ3n) is 6.31. The molecule has 1 saturated heterocycles. The van der Waals surface area contributed by atoms with Crippen molar-refractivity contribution in [2.45, 2.75) is 57.1 Å². The molecule has 2 aliphatic rings. The molecule has 1 amide bonds. The van der Waals surface area contributed by atoms with Crippen LogP contribution in [0.5, 0.6) is 0 Å². The minimum Gasteiger partial charge on any atom is -0.477 e. The summed E-state index contributed by atoms with van der Waals surface area (Å²) in [6, 6.07) is 7.72.